The predicted octanol–water partition coefficient (Wildman–Crippen LogP) is 7.74. The Morgan fingerprint density at radius 3 is 1.67 bits per heavy atom. The number of unbranched alkanes of at least 4 members (excludes halogenated alkanes) is 19. The molecule has 0 aliphatic rings. The van der Waals surface area contributed by atoms with E-state index in [1.807, 2.05) is 0 Å². The normalized spacial score (nSPS) is 12.4. The number of phosphoric ester groups is 1. The van der Waals surface area contributed by atoms with E-state index in [-0.39, 0.29) is 25.7 Å². The molecular weight excluding hydrogens is 573 g/mol. The summed E-state index contributed by atoms with van der Waals surface area (Å²) in [6.45, 7) is 4.66. The van der Waals surface area contributed by atoms with Crippen molar-refractivity contribution in [2.75, 3.05) is 33.2 Å². The summed E-state index contributed by atoms with van der Waals surface area (Å²) in [5.41, 5.74) is 0. The number of rotatable bonds is 33. The molecule has 0 fully saturated rings. The molecule has 43 heavy (non-hydrogen) atoms. The zero-order valence-electron chi connectivity index (χ0n) is 27.4. The monoisotopic (exact) mass is 637 g/mol. The smallest absolute Gasteiger partial charge is 0.457 e. The lowest BCUT2D eigenvalue weighted by atomic mass is 10.1. The van der Waals surface area contributed by atoms with Crippen LogP contribution in [0.3, 0.4) is 0 Å². The largest absolute Gasteiger partial charge is 0.469 e. The summed E-state index contributed by atoms with van der Waals surface area (Å²) >= 11 is 0. The van der Waals surface area contributed by atoms with E-state index in [0.29, 0.717) is 6.61 Å². The van der Waals surface area contributed by atoms with Crippen LogP contribution in [0.25, 0.3) is 0 Å². The van der Waals surface area contributed by atoms with Crippen LogP contribution in [0.4, 0.5) is 0 Å². The lowest BCUT2D eigenvalue weighted by Crippen LogP contribution is -2.28. The Kier molecular flexibility index (Phi) is 30.2. The van der Waals surface area contributed by atoms with Gasteiger partial charge in [-0.05, 0) is 19.3 Å². The van der Waals surface area contributed by atoms with Crippen molar-refractivity contribution in [3.8, 4) is 0 Å². The lowest BCUT2D eigenvalue weighted by Gasteiger charge is -2.18. The van der Waals surface area contributed by atoms with E-state index >= 15 is 0 Å². The van der Waals surface area contributed by atoms with Crippen LogP contribution in [0.1, 0.15) is 155 Å². The van der Waals surface area contributed by atoms with Crippen molar-refractivity contribution >= 4 is 19.7 Å². The zero-order chi connectivity index (χ0) is 31.9. The third kappa shape index (κ3) is 35.3. The third-order valence-corrected chi connectivity index (χ3v) is 7.76. The first-order valence-corrected chi connectivity index (χ1v) is 18.6. The van der Waals surface area contributed by atoms with Crippen molar-refractivity contribution in [2.24, 2.45) is 0 Å². The molecule has 0 saturated carbocycles. The van der Waals surface area contributed by atoms with Gasteiger partial charge < -0.3 is 29.3 Å². The molecule has 256 valence electrons. The number of carbonyl (C=O) groups is 2. The fourth-order valence-corrected chi connectivity index (χ4v) is 5.14. The van der Waals surface area contributed by atoms with E-state index in [1.165, 1.54) is 96.3 Å². The van der Waals surface area contributed by atoms with Gasteiger partial charge in [-0.2, -0.15) is 0 Å². The standard InChI is InChI=1S/C32H64NO9P/c1-3-4-5-6-7-8-12-15-18-21-24-32(35)42-31(28-41-43(36,37)38)27-40-29-39-26-23-20-17-14-11-9-10-13-16-19-22-25-33-30(2)34/h31H,3-29H2,1-2H3,(H,33,34)(H2,36,37,38)/t31-/m0/s1. The molecule has 0 spiro atoms. The summed E-state index contributed by atoms with van der Waals surface area (Å²) in [7, 11) is -4.68. The summed E-state index contributed by atoms with van der Waals surface area (Å²) in [5.74, 6) is -0.367. The Hall–Kier alpha value is -1.03. The van der Waals surface area contributed by atoms with Crippen LogP contribution in [-0.4, -0.2) is 60.9 Å². The summed E-state index contributed by atoms with van der Waals surface area (Å²) < 4.78 is 32.0. The second-order valence-electron chi connectivity index (χ2n) is 11.6. The zero-order valence-corrected chi connectivity index (χ0v) is 28.3. The van der Waals surface area contributed by atoms with Gasteiger partial charge in [-0.25, -0.2) is 4.57 Å². The first-order chi connectivity index (χ1) is 20.7. The van der Waals surface area contributed by atoms with Crippen molar-refractivity contribution in [1.82, 2.24) is 5.32 Å². The highest BCUT2D eigenvalue weighted by Crippen LogP contribution is 2.35. The molecule has 0 radical (unpaired) electrons. The second kappa shape index (κ2) is 31.0. The number of carbonyl (C=O) groups excluding carboxylic acids is 2. The molecule has 1 atom stereocenters. The van der Waals surface area contributed by atoms with Gasteiger partial charge >= 0.3 is 13.8 Å². The fourth-order valence-electron chi connectivity index (χ4n) is 4.78. The van der Waals surface area contributed by atoms with Gasteiger partial charge in [0.15, 0.2) is 0 Å². The molecule has 3 N–H and O–H groups in total. The van der Waals surface area contributed by atoms with Gasteiger partial charge in [-0.15, -0.1) is 0 Å². The molecule has 0 bridgehead atoms. The molecule has 0 aromatic carbocycles. The van der Waals surface area contributed by atoms with E-state index in [9.17, 15) is 14.2 Å². The number of ether oxygens (including phenoxy) is 3. The molecule has 11 heteroatoms. The van der Waals surface area contributed by atoms with Gasteiger partial charge in [0.25, 0.3) is 0 Å². The highest BCUT2D eigenvalue weighted by molar-refractivity contribution is 7.46. The van der Waals surface area contributed by atoms with Crippen LogP contribution >= 0.6 is 7.82 Å². The van der Waals surface area contributed by atoms with Crippen molar-refractivity contribution in [1.29, 1.82) is 0 Å². The van der Waals surface area contributed by atoms with Gasteiger partial charge in [0.2, 0.25) is 5.91 Å². The molecule has 1 amide bonds. The van der Waals surface area contributed by atoms with Crippen molar-refractivity contribution in [3.05, 3.63) is 0 Å². The first-order valence-electron chi connectivity index (χ1n) is 17.0. The Balaban J connectivity index is 3.77. The molecular formula is C32H64NO9P. The highest BCUT2D eigenvalue weighted by atomic mass is 31.2. The quantitative estimate of drug-likeness (QED) is 0.0285. The highest BCUT2D eigenvalue weighted by Gasteiger charge is 2.21. The maximum Gasteiger partial charge on any atom is 0.469 e. The molecule has 0 aromatic rings. The minimum absolute atomic E-state index is 0.0211. The lowest BCUT2D eigenvalue weighted by molar-refractivity contribution is -0.158. The SMILES string of the molecule is CCCCCCCCCCCCC(=O)O[C@@H](COCOCCCCCCCCCCCCCNC(C)=O)COP(=O)(O)O. The maximum atomic E-state index is 12.2. The fraction of sp³-hybridized carbons (Fsp3) is 0.938. The van der Waals surface area contributed by atoms with Gasteiger partial charge in [-0.1, -0.05) is 122 Å². The van der Waals surface area contributed by atoms with Crippen LogP contribution in [0.2, 0.25) is 0 Å². The minimum Gasteiger partial charge on any atom is -0.457 e. The van der Waals surface area contributed by atoms with E-state index in [1.54, 1.807) is 6.92 Å². The number of hydrogen-bond donors (Lipinski definition) is 3. The molecule has 0 aromatic heterocycles. The van der Waals surface area contributed by atoms with Crippen LogP contribution in [0.5, 0.6) is 0 Å². The van der Waals surface area contributed by atoms with Crippen molar-refractivity contribution in [3.63, 3.8) is 0 Å². The van der Waals surface area contributed by atoms with Gasteiger partial charge in [0.05, 0.1) is 13.2 Å². The van der Waals surface area contributed by atoms with Gasteiger partial charge in [-0.3, -0.25) is 14.1 Å². The van der Waals surface area contributed by atoms with Crippen LogP contribution < -0.4 is 5.32 Å². The molecule has 0 unspecified atom stereocenters. The molecule has 10 nitrogen and oxygen atoms in total. The Bertz CT molecular complexity index is 690. The number of esters is 1. The summed E-state index contributed by atoms with van der Waals surface area (Å²) in [6.07, 6.45) is 24.0. The van der Waals surface area contributed by atoms with E-state index in [0.717, 1.165) is 45.1 Å². The second-order valence-corrected chi connectivity index (χ2v) is 12.8. The summed E-state index contributed by atoms with van der Waals surface area (Å²) in [4.78, 5) is 41.1. The maximum absolute atomic E-state index is 12.2. The number of phosphoric acid groups is 1. The topological polar surface area (TPSA) is 141 Å². The predicted molar refractivity (Wildman–Crippen MR) is 171 cm³/mol. The van der Waals surface area contributed by atoms with Crippen LogP contribution in [0.15, 0.2) is 0 Å². The molecule has 0 saturated heterocycles. The summed E-state index contributed by atoms with van der Waals surface area (Å²) in [6, 6.07) is 0. The van der Waals surface area contributed by atoms with E-state index < -0.39 is 26.5 Å². The van der Waals surface area contributed by atoms with E-state index in [4.69, 9.17) is 24.0 Å². The molecule has 0 heterocycles. The number of nitrogens with one attached hydrogen (secondary N) is 1. The molecule has 0 rings (SSSR count). The Labute approximate surface area is 262 Å². The Morgan fingerprint density at radius 2 is 1.16 bits per heavy atom. The third-order valence-electron chi connectivity index (χ3n) is 7.27. The van der Waals surface area contributed by atoms with Crippen molar-refractivity contribution < 1.29 is 42.7 Å². The number of hydrogen-bond acceptors (Lipinski definition) is 7. The van der Waals surface area contributed by atoms with E-state index in [2.05, 4.69) is 16.8 Å². The van der Waals surface area contributed by atoms with Gasteiger partial charge in [0.1, 0.15) is 12.9 Å². The Morgan fingerprint density at radius 1 is 0.674 bits per heavy atom. The molecule has 0 aliphatic heterocycles. The minimum atomic E-state index is -4.68. The first kappa shape index (κ1) is 42.0. The van der Waals surface area contributed by atoms with Crippen molar-refractivity contribution in [2.45, 2.75) is 161 Å². The van der Waals surface area contributed by atoms with Crippen LogP contribution in [-0.2, 0) is 32.9 Å². The average molecular weight is 638 g/mol. The average Bonchev–Trinajstić information content (AvgIpc) is 2.95. The van der Waals surface area contributed by atoms with Crippen LogP contribution in [0, 0.1) is 0 Å². The number of amides is 1. The molecule has 0 aliphatic carbocycles. The van der Waals surface area contributed by atoms with Gasteiger partial charge in [0, 0.05) is 26.5 Å². The summed E-state index contributed by atoms with van der Waals surface area (Å²) in [5, 5.41) is 2.83.